The molecule has 0 spiro atoms. The first kappa shape index (κ1) is 16.7. The summed E-state index contributed by atoms with van der Waals surface area (Å²) in [5.74, 6) is 0.536. The van der Waals surface area contributed by atoms with E-state index >= 15 is 0 Å². The molecule has 0 atom stereocenters. The SMILES string of the molecule is Cc1ccc(Br)cc1S(=O)(=O)N(CCC#N)Cc1ccco1. The highest BCUT2D eigenvalue weighted by molar-refractivity contribution is 9.10. The van der Waals surface area contributed by atoms with E-state index in [0.29, 0.717) is 15.8 Å². The van der Waals surface area contributed by atoms with Crippen LogP contribution in [0.1, 0.15) is 17.7 Å². The summed E-state index contributed by atoms with van der Waals surface area (Å²) in [6.45, 7) is 1.96. The molecule has 0 N–H and O–H groups in total. The summed E-state index contributed by atoms with van der Waals surface area (Å²) in [5, 5.41) is 8.77. The maximum Gasteiger partial charge on any atom is 0.243 e. The molecule has 0 unspecified atom stereocenters. The molecule has 0 fully saturated rings. The number of hydrogen-bond donors (Lipinski definition) is 0. The van der Waals surface area contributed by atoms with Gasteiger partial charge in [-0.2, -0.15) is 9.57 Å². The standard InChI is InChI=1S/C15H15BrN2O3S/c1-12-5-6-13(16)10-15(12)22(19,20)18(8-3-7-17)11-14-4-2-9-21-14/h2,4-6,9-10H,3,8,11H2,1H3. The van der Waals surface area contributed by atoms with Crippen LogP contribution in [0.3, 0.4) is 0 Å². The highest BCUT2D eigenvalue weighted by atomic mass is 79.9. The molecule has 7 heteroatoms. The summed E-state index contributed by atoms with van der Waals surface area (Å²) in [4.78, 5) is 0.228. The first-order valence-corrected chi connectivity index (χ1v) is 8.84. The van der Waals surface area contributed by atoms with Gasteiger partial charge >= 0.3 is 0 Å². The predicted octanol–water partition coefficient (Wildman–Crippen LogP) is 3.46. The van der Waals surface area contributed by atoms with Gasteiger partial charge in [-0.3, -0.25) is 0 Å². The van der Waals surface area contributed by atoms with E-state index in [1.165, 1.54) is 10.6 Å². The van der Waals surface area contributed by atoms with Gasteiger partial charge in [0.05, 0.1) is 23.8 Å². The molecule has 2 aromatic rings. The molecule has 2 rings (SSSR count). The van der Waals surface area contributed by atoms with Crippen LogP contribution in [0.5, 0.6) is 0 Å². The summed E-state index contributed by atoms with van der Waals surface area (Å²) in [5.41, 5.74) is 0.657. The minimum atomic E-state index is -3.71. The van der Waals surface area contributed by atoms with Crippen molar-refractivity contribution in [3.05, 3.63) is 52.4 Å². The van der Waals surface area contributed by atoms with E-state index < -0.39 is 10.0 Å². The van der Waals surface area contributed by atoms with Crippen LogP contribution >= 0.6 is 15.9 Å². The van der Waals surface area contributed by atoms with E-state index in [1.807, 2.05) is 6.07 Å². The largest absolute Gasteiger partial charge is 0.468 e. The number of aryl methyl sites for hydroxylation is 1. The zero-order valence-corrected chi connectivity index (χ0v) is 14.4. The second kappa shape index (κ2) is 7.09. The number of furan rings is 1. The normalized spacial score (nSPS) is 11.5. The van der Waals surface area contributed by atoms with Crippen molar-refractivity contribution in [2.45, 2.75) is 24.8 Å². The maximum absolute atomic E-state index is 12.9. The van der Waals surface area contributed by atoms with Crippen molar-refractivity contribution in [2.24, 2.45) is 0 Å². The molecule has 0 aliphatic rings. The second-order valence-electron chi connectivity index (χ2n) is 4.74. The number of nitrogens with zero attached hydrogens (tertiary/aromatic N) is 2. The Morgan fingerprint density at radius 1 is 1.36 bits per heavy atom. The smallest absolute Gasteiger partial charge is 0.243 e. The quantitative estimate of drug-likeness (QED) is 0.766. The summed E-state index contributed by atoms with van der Waals surface area (Å²) in [7, 11) is -3.71. The average Bonchev–Trinajstić information content (AvgIpc) is 2.98. The molecule has 5 nitrogen and oxygen atoms in total. The number of rotatable bonds is 6. The Hall–Kier alpha value is -1.62. The first-order valence-electron chi connectivity index (χ1n) is 6.61. The van der Waals surface area contributed by atoms with Crippen molar-refractivity contribution in [1.29, 1.82) is 5.26 Å². The van der Waals surface area contributed by atoms with Crippen molar-refractivity contribution in [3.63, 3.8) is 0 Å². The van der Waals surface area contributed by atoms with Crippen LogP contribution in [-0.4, -0.2) is 19.3 Å². The monoisotopic (exact) mass is 382 g/mol. The fourth-order valence-electron chi connectivity index (χ4n) is 2.03. The van der Waals surface area contributed by atoms with E-state index in [4.69, 9.17) is 9.68 Å². The number of halogens is 1. The van der Waals surface area contributed by atoms with Crippen LogP contribution in [0.4, 0.5) is 0 Å². The number of sulfonamides is 1. The third-order valence-corrected chi connectivity index (χ3v) is 5.63. The highest BCUT2D eigenvalue weighted by Gasteiger charge is 2.27. The first-order chi connectivity index (χ1) is 10.4. The summed E-state index contributed by atoms with van der Waals surface area (Å²) >= 11 is 3.30. The minimum absolute atomic E-state index is 0.100. The molecule has 0 amide bonds. The van der Waals surface area contributed by atoms with E-state index in [1.54, 1.807) is 37.3 Å². The fraction of sp³-hybridized carbons (Fsp3) is 0.267. The molecule has 0 aliphatic heterocycles. The Kier molecular flexibility index (Phi) is 5.40. The molecule has 0 radical (unpaired) electrons. The molecule has 0 bridgehead atoms. The molecule has 0 saturated carbocycles. The van der Waals surface area contributed by atoms with Gasteiger partial charge in [-0.25, -0.2) is 8.42 Å². The van der Waals surface area contributed by atoms with Crippen molar-refractivity contribution >= 4 is 26.0 Å². The van der Waals surface area contributed by atoms with Gasteiger partial charge in [0.1, 0.15) is 5.76 Å². The molecule has 116 valence electrons. The Morgan fingerprint density at radius 2 is 2.14 bits per heavy atom. The van der Waals surface area contributed by atoms with Crippen molar-refractivity contribution in [2.75, 3.05) is 6.54 Å². The zero-order chi connectivity index (χ0) is 16.2. The van der Waals surface area contributed by atoms with E-state index in [9.17, 15) is 8.42 Å². The molecule has 1 heterocycles. The van der Waals surface area contributed by atoms with Gasteiger partial charge in [0.2, 0.25) is 10.0 Å². The lowest BCUT2D eigenvalue weighted by atomic mass is 10.2. The van der Waals surface area contributed by atoms with Crippen LogP contribution in [0.25, 0.3) is 0 Å². The van der Waals surface area contributed by atoms with Crippen molar-refractivity contribution in [1.82, 2.24) is 4.31 Å². The van der Waals surface area contributed by atoms with Gasteiger partial charge in [0.25, 0.3) is 0 Å². The van der Waals surface area contributed by atoms with Gasteiger partial charge in [0.15, 0.2) is 0 Å². The van der Waals surface area contributed by atoms with Crippen molar-refractivity contribution < 1.29 is 12.8 Å². The Balaban J connectivity index is 2.40. The molecule has 1 aromatic heterocycles. The topological polar surface area (TPSA) is 74.3 Å². The molecule has 22 heavy (non-hydrogen) atoms. The van der Waals surface area contributed by atoms with Crippen LogP contribution in [0, 0.1) is 18.3 Å². The van der Waals surface area contributed by atoms with E-state index in [0.717, 1.165) is 0 Å². The fourth-order valence-corrected chi connectivity index (χ4v) is 4.20. The summed E-state index contributed by atoms with van der Waals surface area (Å²) in [6, 6.07) is 10.5. The van der Waals surface area contributed by atoms with Gasteiger partial charge in [-0.1, -0.05) is 22.0 Å². The molecular weight excluding hydrogens is 368 g/mol. The van der Waals surface area contributed by atoms with Crippen LogP contribution in [0.2, 0.25) is 0 Å². The Labute approximate surface area is 138 Å². The molecule has 0 aliphatic carbocycles. The third kappa shape index (κ3) is 3.77. The van der Waals surface area contributed by atoms with Gasteiger partial charge < -0.3 is 4.42 Å². The van der Waals surface area contributed by atoms with Crippen LogP contribution in [0.15, 0.2) is 50.4 Å². The second-order valence-corrected chi connectivity index (χ2v) is 7.56. The lowest BCUT2D eigenvalue weighted by Gasteiger charge is -2.21. The molecule has 1 aromatic carbocycles. The van der Waals surface area contributed by atoms with Gasteiger partial charge in [-0.15, -0.1) is 0 Å². The Morgan fingerprint density at radius 3 is 2.77 bits per heavy atom. The average molecular weight is 383 g/mol. The number of benzene rings is 1. The van der Waals surface area contributed by atoms with E-state index in [-0.39, 0.29) is 24.4 Å². The highest BCUT2D eigenvalue weighted by Crippen LogP contribution is 2.25. The molecular formula is C15H15BrN2O3S. The van der Waals surface area contributed by atoms with Crippen LogP contribution in [-0.2, 0) is 16.6 Å². The van der Waals surface area contributed by atoms with Crippen molar-refractivity contribution in [3.8, 4) is 6.07 Å². The number of hydrogen-bond acceptors (Lipinski definition) is 4. The number of nitriles is 1. The minimum Gasteiger partial charge on any atom is -0.468 e. The van der Waals surface area contributed by atoms with Gasteiger partial charge in [-0.05, 0) is 36.8 Å². The van der Waals surface area contributed by atoms with Crippen LogP contribution < -0.4 is 0 Å². The predicted molar refractivity (Wildman–Crippen MR) is 85.4 cm³/mol. The Bertz CT molecular complexity index is 780. The lowest BCUT2D eigenvalue weighted by molar-refractivity contribution is 0.368. The third-order valence-electron chi connectivity index (χ3n) is 3.15. The summed E-state index contributed by atoms with van der Waals surface area (Å²) in [6.07, 6.45) is 1.61. The lowest BCUT2D eigenvalue weighted by Crippen LogP contribution is -2.32. The van der Waals surface area contributed by atoms with E-state index in [2.05, 4.69) is 15.9 Å². The zero-order valence-electron chi connectivity index (χ0n) is 12.0. The summed E-state index contributed by atoms with van der Waals surface area (Å²) < 4.78 is 33.0. The molecule has 0 saturated heterocycles. The van der Waals surface area contributed by atoms with Gasteiger partial charge in [0, 0.05) is 17.4 Å². The maximum atomic E-state index is 12.9.